The van der Waals surface area contributed by atoms with Crippen LogP contribution >= 0.6 is 0 Å². The summed E-state index contributed by atoms with van der Waals surface area (Å²) in [6.45, 7) is 5.86. The molecular formula is C21H27N7O. The molecule has 0 aliphatic carbocycles. The summed E-state index contributed by atoms with van der Waals surface area (Å²) in [6, 6.07) is 7.98. The number of aryl methyl sites for hydroxylation is 2. The number of amides is 1. The third kappa shape index (κ3) is 4.54. The van der Waals surface area contributed by atoms with E-state index in [1.165, 1.54) is 6.33 Å². The van der Waals surface area contributed by atoms with E-state index < -0.39 is 0 Å². The van der Waals surface area contributed by atoms with Gasteiger partial charge in [-0.15, -0.1) is 0 Å². The van der Waals surface area contributed by atoms with Crippen LogP contribution in [0, 0.1) is 6.92 Å². The smallest absolute Gasteiger partial charge is 0.251 e. The first-order chi connectivity index (χ1) is 14.1. The summed E-state index contributed by atoms with van der Waals surface area (Å²) in [7, 11) is 0. The van der Waals surface area contributed by atoms with E-state index in [0.29, 0.717) is 11.3 Å². The van der Waals surface area contributed by atoms with E-state index in [2.05, 4.69) is 25.2 Å². The van der Waals surface area contributed by atoms with E-state index >= 15 is 0 Å². The molecule has 29 heavy (non-hydrogen) atoms. The van der Waals surface area contributed by atoms with Crippen LogP contribution in [-0.2, 0) is 6.54 Å². The predicted molar refractivity (Wildman–Crippen MR) is 112 cm³/mol. The van der Waals surface area contributed by atoms with E-state index in [0.717, 1.165) is 62.2 Å². The fourth-order valence-corrected chi connectivity index (χ4v) is 3.88. The fraction of sp³-hybridized carbons (Fsp3) is 0.429. The van der Waals surface area contributed by atoms with Gasteiger partial charge in [0.05, 0.1) is 6.33 Å². The number of rotatable bonds is 6. The van der Waals surface area contributed by atoms with E-state index in [4.69, 9.17) is 5.73 Å². The number of carbonyl (C=O) groups is 1. The minimum absolute atomic E-state index is 0.0281. The average Bonchev–Trinajstić information content (AvgIpc) is 3.14. The number of imidazole rings is 1. The highest BCUT2D eigenvalue weighted by Gasteiger charge is 2.21. The summed E-state index contributed by atoms with van der Waals surface area (Å²) in [5.41, 5.74) is 9.14. The Hall–Kier alpha value is -3.00. The van der Waals surface area contributed by atoms with Crippen molar-refractivity contribution < 1.29 is 4.79 Å². The molecule has 4 rings (SSSR count). The molecule has 8 heteroatoms. The number of aromatic nitrogens is 4. The van der Waals surface area contributed by atoms with Crippen molar-refractivity contribution in [3.8, 4) is 0 Å². The third-order valence-electron chi connectivity index (χ3n) is 5.51. The monoisotopic (exact) mass is 393 g/mol. The molecule has 1 amide bonds. The molecule has 0 saturated carbocycles. The number of piperidine rings is 1. The Labute approximate surface area is 170 Å². The van der Waals surface area contributed by atoms with Crippen molar-refractivity contribution in [1.29, 1.82) is 0 Å². The van der Waals surface area contributed by atoms with Gasteiger partial charge in [-0.1, -0.05) is 17.7 Å². The van der Waals surface area contributed by atoms with Crippen molar-refractivity contribution in [3.05, 3.63) is 48.0 Å². The molecule has 2 aromatic heterocycles. The lowest BCUT2D eigenvalue weighted by Gasteiger charge is -2.32. The maximum absolute atomic E-state index is 12.4. The Morgan fingerprint density at radius 2 is 2.03 bits per heavy atom. The van der Waals surface area contributed by atoms with Crippen LogP contribution in [-0.4, -0.2) is 56.0 Å². The third-order valence-corrected chi connectivity index (χ3v) is 5.51. The van der Waals surface area contributed by atoms with Gasteiger partial charge in [0.25, 0.3) is 5.91 Å². The maximum atomic E-state index is 12.4. The average molecular weight is 393 g/mol. The van der Waals surface area contributed by atoms with Gasteiger partial charge in [-0.3, -0.25) is 4.79 Å². The van der Waals surface area contributed by atoms with Gasteiger partial charge in [0.2, 0.25) is 0 Å². The number of nitrogen functional groups attached to an aromatic ring is 1. The van der Waals surface area contributed by atoms with Crippen LogP contribution in [0.15, 0.2) is 36.9 Å². The first-order valence-corrected chi connectivity index (χ1v) is 10.1. The first-order valence-electron chi connectivity index (χ1n) is 10.1. The molecule has 3 heterocycles. The summed E-state index contributed by atoms with van der Waals surface area (Å²) in [5.74, 6) is 0.448. The highest BCUT2D eigenvalue weighted by Crippen LogP contribution is 2.16. The minimum atomic E-state index is 0.0281. The second kappa shape index (κ2) is 8.57. The second-order valence-corrected chi connectivity index (χ2v) is 7.68. The lowest BCUT2D eigenvalue weighted by molar-refractivity contribution is 0.0910. The molecule has 1 aromatic carbocycles. The molecular weight excluding hydrogens is 366 g/mol. The van der Waals surface area contributed by atoms with Crippen molar-refractivity contribution in [1.82, 2.24) is 29.7 Å². The summed E-state index contributed by atoms with van der Waals surface area (Å²) in [5, 5.41) is 3.18. The van der Waals surface area contributed by atoms with Crippen LogP contribution in [0.1, 0.15) is 35.2 Å². The summed E-state index contributed by atoms with van der Waals surface area (Å²) < 4.78 is 2.03. The molecule has 8 nitrogen and oxygen atoms in total. The highest BCUT2D eigenvalue weighted by molar-refractivity contribution is 5.94. The molecule has 0 atom stereocenters. The number of hydrogen-bond donors (Lipinski definition) is 2. The van der Waals surface area contributed by atoms with Crippen molar-refractivity contribution in [2.24, 2.45) is 0 Å². The number of likely N-dealkylation sites (tertiary alicyclic amines) is 1. The summed E-state index contributed by atoms with van der Waals surface area (Å²) in [4.78, 5) is 27.5. The summed E-state index contributed by atoms with van der Waals surface area (Å²) in [6.07, 6.45) is 6.23. The molecule has 1 fully saturated rings. The zero-order chi connectivity index (χ0) is 20.2. The number of carbonyl (C=O) groups excluding carboxylic acids is 1. The van der Waals surface area contributed by atoms with Crippen LogP contribution in [0.3, 0.4) is 0 Å². The normalized spacial score (nSPS) is 15.6. The van der Waals surface area contributed by atoms with Crippen LogP contribution in [0.5, 0.6) is 0 Å². The lowest BCUT2D eigenvalue weighted by Crippen LogP contribution is -2.45. The largest absolute Gasteiger partial charge is 0.382 e. The molecule has 0 radical (unpaired) electrons. The Morgan fingerprint density at radius 3 is 2.83 bits per heavy atom. The number of hydrogen-bond acceptors (Lipinski definition) is 6. The van der Waals surface area contributed by atoms with Gasteiger partial charge in [-0.25, -0.2) is 15.0 Å². The van der Waals surface area contributed by atoms with Gasteiger partial charge in [0, 0.05) is 31.2 Å². The molecule has 0 spiro atoms. The highest BCUT2D eigenvalue weighted by atomic mass is 16.1. The van der Waals surface area contributed by atoms with Gasteiger partial charge in [-0.2, -0.15) is 0 Å². The Bertz CT molecular complexity index is 992. The van der Waals surface area contributed by atoms with Gasteiger partial charge in [0.1, 0.15) is 11.8 Å². The number of nitrogens with two attached hydrogens (primary N) is 1. The van der Waals surface area contributed by atoms with Crippen LogP contribution in [0.2, 0.25) is 0 Å². The van der Waals surface area contributed by atoms with Crippen molar-refractivity contribution in [3.63, 3.8) is 0 Å². The topological polar surface area (TPSA) is 102 Å². The van der Waals surface area contributed by atoms with E-state index in [9.17, 15) is 4.79 Å². The van der Waals surface area contributed by atoms with Crippen molar-refractivity contribution in [2.75, 3.05) is 25.4 Å². The molecule has 1 saturated heterocycles. The second-order valence-electron chi connectivity index (χ2n) is 7.68. The Balaban J connectivity index is 1.22. The fourth-order valence-electron chi connectivity index (χ4n) is 3.88. The van der Waals surface area contributed by atoms with Gasteiger partial charge in [0.15, 0.2) is 11.5 Å². The minimum Gasteiger partial charge on any atom is -0.382 e. The Morgan fingerprint density at radius 1 is 1.21 bits per heavy atom. The summed E-state index contributed by atoms with van der Waals surface area (Å²) >= 11 is 0. The number of benzene rings is 1. The quantitative estimate of drug-likeness (QED) is 0.664. The first kappa shape index (κ1) is 19.3. The molecule has 1 aliphatic rings. The van der Waals surface area contributed by atoms with Crippen LogP contribution in [0.25, 0.3) is 11.2 Å². The van der Waals surface area contributed by atoms with Crippen LogP contribution < -0.4 is 11.1 Å². The predicted octanol–water partition coefficient (Wildman–Crippen LogP) is 2.00. The van der Waals surface area contributed by atoms with Gasteiger partial charge in [-0.05, 0) is 44.9 Å². The zero-order valence-electron chi connectivity index (χ0n) is 16.7. The standard InChI is InChI=1S/C21H27N7O/c1-15-4-2-5-16(12-15)21(29)26-17-6-10-27(11-7-17)8-3-9-28-14-25-18-19(22)23-13-24-20(18)28/h2,4-5,12-14,17H,3,6-11H2,1H3,(H,26,29)(H2,22,23,24). The maximum Gasteiger partial charge on any atom is 0.251 e. The molecule has 3 aromatic rings. The van der Waals surface area contributed by atoms with Crippen molar-refractivity contribution >= 4 is 22.9 Å². The van der Waals surface area contributed by atoms with E-state index in [1.807, 2.05) is 35.8 Å². The van der Waals surface area contributed by atoms with Crippen molar-refractivity contribution in [2.45, 2.75) is 38.8 Å². The number of nitrogens with zero attached hydrogens (tertiary/aromatic N) is 5. The van der Waals surface area contributed by atoms with E-state index in [1.54, 1.807) is 6.33 Å². The number of nitrogens with one attached hydrogen (secondary N) is 1. The zero-order valence-corrected chi connectivity index (χ0v) is 16.7. The SMILES string of the molecule is Cc1cccc(C(=O)NC2CCN(CCCn3cnc4c(N)ncnc43)CC2)c1. The van der Waals surface area contributed by atoms with Gasteiger partial charge < -0.3 is 20.5 Å². The molecule has 0 unspecified atom stereocenters. The molecule has 152 valence electrons. The van der Waals surface area contributed by atoms with Gasteiger partial charge >= 0.3 is 0 Å². The molecule has 3 N–H and O–H groups in total. The lowest BCUT2D eigenvalue weighted by atomic mass is 10.0. The number of fused-ring (bicyclic) bond motifs is 1. The van der Waals surface area contributed by atoms with E-state index in [-0.39, 0.29) is 11.9 Å². The van der Waals surface area contributed by atoms with Crippen LogP contribution in [0.4, 0.5) is 5.82 Å². The Kier molecular flexibility index (Phi) is 5.71. The number of anilines is 1. The molecule has 1 aliphatic heterocycles. The molecule has 0 bridgehead atoms.